The van der Waals surface area contributed by atoms with Crippen molar-refractivity contribution >= 4 is 5.71 Å². The van der Waals surface area contributed by atoms with Crippen LogP contribution in [0.3, 0.4) is 0 Å². The lowest BCUT2D eigenvalue weighted by molar-refractivity contribution is 0.425. The van der Waals surface area contributed by atoms with Gasteiger partial charge in [-0.05, 0) is 51.8 Å². The fraction of sp³-hybridized carbons (Fsp3) is 0.250. The molecule has 0 saturated heterocycles. The van der Waals surface area contributed by atoms with Gasteiger partial charge in [0.25, 0.3) is 0 Å². The minimum absolute atomic E-state index is 0.581. The molecule has 0 aliphatic rings. The highest BCUT2D eigenvalue weighted by atomic mass is 16.5. The minimum Gasteiger partial charge on any atom is -0.462 e. The van der Waals surface area contributed by atoms with Gasteiger partial charge in [-0.2, -0.15) is 5.26 Å². The van der Waals surface area contributed by atoms with Crippen LogP contribution in [-0.2, 0) is 0 Å². The number of allylic oxidation sites excluding steroid dienone is 4. The van der Waals surface area contributed by atoms with Gasteiger partial charge in [0.1, 0.15) is 11.5 Å². The second kappa shape index (κ2) is 9.54. The summed E-state index contributed by atoms with van der Waals surface area (Å²) in [6.45, 7) is 10.1. The lowest BCUT2D eigenvalue weighted by Crippen LogP contribution is -2.02. The molecule has 2 aromatic rings. The molecular formula is C24H26N2O. The van der Waals surface area contributed by atoms with Gasteiger partial charge in [-0.3, -0.25) is 4.99 Å². The summed E-state index contributed by atoms with van der Waals surface area (Å²) < 4.78 is 6.02. The van der Waals surface area contributed by atoms with E-state index in [0.29, 0.717) is 11.3 Å². The molecule has 0 aliphatic heterocycles. The van der Waals surface area contributed by atoms with Crippen LogP contribution in [0.1, 0.15) is 50.8 Å². The Hall–Kier alpha value is -3.12. The first-order valence-electron chi connectivity index (χ1n) is 9.12. The zero-order valence-electron chi connectivity index (χ0n) is 16.7. The zero-order chi connectivity index (χ0) is 19.8. The van der Waals surface area contributed by atoms with E-state index in [-0.39, 0.29) is 0 Å². The van der Waals surface area contributed by atoms with Crippen LogP contribution in [0.25, 0.3) is 0 Å². The normalized spacial score (nSPS) is 13.0. The number of benzene rings is 2. The van der Waals surface area contributed by atoms with Gasteiger partial charge in [-0.15, -0.1) is 0 Å². The fourth-order valence-corrected chi connectivity index (χ4v) is 2.50. The van der Waals surface area contributed by atoms with E-state index < -0.39 is 0 Å². The first-order valence-corrected chi connectivity index (χ1v) is 9.12. The van der Waals surface area contributed by atoms with Crippen LogP contribution < -0.4 is 4.74 Å². The summed E-state index contributed by atoms with van der Waals surface area (Å²) in [4.78, 5) is 4.84. The Balaban J connectivity index is 2.42. The molecule has 0 atom stereocenters. The Labute approximate surface area is 162 Å². The Bertz CT molecular complexity index is 929. The number of hydrogen-bond donors (Lipinski definition) is 0. The fourth-order valence-electron chi connectivity index (χ4n) is 2.50. The zero-order valence-corrected chi connectivity index (χ0v) is 16.7. The number of aryl methyl sites for hydroxylation is 1. The summed E-state index contributed by atoms with van der Waals surface area (Å²) in [5, 5.41) is 9.11. The highest BCUT2D eigenvalue weighted by molar-refractivity contribution is 6.09. The highest BCUT2D eigenvalue weighted by Crippen LogP contribution is 2.22. The molecule has 0 fully saturated rings. The molecule has 0 spiro atoms. The molecule has 2 aromatic carbocycles. The molecular weight excluding hydrogens is 332 g/mol. The quantitative estimate of drug-likeness (QED) is 0.446. The Morgan fingerprint density at radius 2 is 1.81 bits per heavy atom. The van der Waals surface area contributed by atoms with E-state index in [4.69, 9.17) is 15.0 Å². The summed E-state index contributed by atoms with van der Waals surface area (Å²) in [5.74, 6) is 1.41. The average Bonchev–Trinajstić information content (AvgIpc) is 2.69. The van der Waals surface area contributed by atoms with Gasteiger partial charge >= 0.3 is 0 Å². The molecule has 0 radical (unpaired) electrons. The summed E-state index contributed by atoms with van der Waals surface area (Å²) >= 11 is 0. The second-order valence-electron chi connectivity index (χ2n) is 6.53. The lowest BCUT2D eigenvalue weighted by Gasteiger charge is -2.11. The van der Waals surface area contributed by atoms with Crippen molar-refractivity contribution in [3.8, 4) is 11.8 Å². The minimum atomic E-state index is 0.581. The third-order valence-corrected chi connectivity index (χ3v) is 4.43. The molecule has 2 rings (SSSR count). The number of hydrogen-bond acceptors (Lipinski definition) is 3. The summed E-state index contributed by atoms with van der Waals surface area (Å²) in [5.41, 5.74) is 5.73. The molecule has 0 aliphatic carbocycles. The first kappa shape index (κ1) is 20.2. The molecule has 0 unspecified atom stereocenters. The maximum atomic E-state index is 9.11. The van der Waals surface area contributed by atoms with Crippen molar-refractivity contribution in [3.63, 3.8) is 0 Å². The Morgan fingerprint density at radius 1 is 1.11 bits per heavy atom. The monoisotopic (exact) mass is 358 g/mol. The molecule has 0 aromatic heterocycles. The van der Waals surface area contributed by atoms with Crippen LogP contribution in [0.4, 0.5) is 0 Å². The van der Waals surface area contributed by atoms with Gasteiger partial charge in [0.15, 0.2) is 0 Å². The molecule has 0 amide bonds. The average molecular weight is 358 g/mol. The number of nitrogens with zero attached hydrogens (tertiary/aromatic N) is 2. The topological polar surface area (TPSA) is 45.4 Å². The van der Waals surface area contributed by atoms with Crippen LogP contribution in [-0.4, -0.2) is 5.71 Å². The third-order valence-electron chi connectivity index (χ3n) is 4.43. The van der Waals surface area contributed by atoms with Crippen molar-refractivity contribution in [1.82, 2.24) is 0 Å². The smallest absolute Gasteiger partial charge is 0.131 e. The molecule has 0 saturated carbocycles. The van der Waals surface area contributed by atoms with E-state index >= 15 is 0 Å². The van der Waals surface area contributed by atoms with Gasteiger partial charge in [0.2, 0.25) is 0 Å². The van der Waals surface area contributed by atoms with Crippen LogP contribution in [0.15, 0.2) is 76.6 Å². The van der Waals surface area contributed by atoms with E-state index in [9.17, 15) is 0 Å². The van der Waals surface area contributed by atoms with E-state index in [0.717, 1.165) is 34.7 Å². The molecule has 27 heavy (non-hydrogen) atoms. The van der Waals surface area contributed by atoms with Crippen LogP contribution in [0.5, 0.6) is 5.75 Å². The number of rotatable bonds is 6. The molecule has 0 heterocycles. The summed E-state index contributed by atoms with van der Waals surface area (Å²) in [6.07, 6.45) is 2.91. The molecule has 138 valence electrons. The van der Waals surface area contributed by atoms with Crippen LogP contribution in [0.2, 0.25) is 0 Å². The van der Waals surface area contributed by atoms with E-state index in [2.05, 4.69) is 19.9 Å². The van der Waals surface area contributed by atoms with Crippen molar-refractivity contribution in [2.75, 3.05) is 0 Å². The maximum Gasteiger partial charge on any atom is 0.131 e. The van der Waals surface area contributed by atoms with Gasteiger partial charge in [0.05, 0.1) is 17.3 Å². The third kappa shape index (κ3) is 5.69. The SMILES string of the molecule is CC/C(C)=C(C)/N=C(\C=C(/C)Oc1cc(C#N)ccc1C)c1ccccc1. The van der Waals surface area contributed by atoms with Crippen LogP contribution in [0, 0.1) is 18.3 Å². The van der Waals surface area contributed by atoms with Crippen molar-refractivity contribution < 1.29 is 4.74 Å². The van der Waals surface area contributed by atoms with Gasteiger partial charge in [-0.25, -0.2) is 0 Å². The maximum absolute atomic E-state index is 9.11. The van der Waals surface area contributed by atoms with Crippen molar-refractivity contribution in [2.45, 2.75) is 41.0 Å². The first-order chi connectivity index (χ1) is 12.9. The Kier molecular flexibility index (Phi) is 7.14. The molecule has 0 N–H and O–H groups in total. The van der Waals surface area contributed by atoms with E-state index in [1.807, 2.05) is 63.2 Å². The van der Waals surface area contributed by atoms with Crippen molar-refractivity contribution in [2.24, 2.45) is 4.99 Å². The largest absolute Gasteiger partial charge is 0.462 e. The predicted molar refractivity (Wildman–Crippen MR) is 112 cm³/mol. The van der Waals surface area contributed by atoms with E-state index in [1.54, 1.807) is 12.1 Å². The van der Waals surface area contributed by atoms with Crippen LogP contribution >= 0.6 is 0 Å². The van der Waals surface area contributed by atoms with Gasteiger partial charge in [-0.1, -0.05) is 48.9 Å². The molecule has 0 bridgehead atoms. The highest BCUT2D eigenvalue weighted by Gasteiger charge is 2.06. The number of nitriles is 1. The van der Waals surface area contributed by atoms with Gasteiger partial charge < -0.3 is 4.74 Å². The van der Waals surface area contributed by atoms with E-state index in [1.165, 1.54) is 5.57 Å². The molecule has 3 heteroatoms. The predicted octanol–water partition coefficient (Wildman–Crippen LogP) is 6.34. The lowest BCUT2D eigenvalue weighted by atomic mass is 10.1. The number of ether oxygens (including phenoxy) is 1. The standard InChI is InChI=1S/C24H26N2O/c1-6-17(2)20(5)26-23(22-10-8-7-9-11-22)14-19(4)27-24-15-21(16-25)13-12-18(24)3/h7-15H,6H2,1-5H3/b19-14+,20-17+,26-23+. The van der Waals surface area contributed by atoms with Crippen molar-refractivity contribution in [3.05, 3.63) is 88.3 Å². The Morgan fingerprint density at radius 3 is 2.44 bits per heavy atom. The van der Waals surface area contributed by atoms with Crippen molar-refractivity contribution in [1.29, 1.82) is 5.26 Å². The molecule has 3 nitrogen and oxygen atoms in total. The van der Waals surface area contributed by atoms with Gasteiger partial charge in [0, 0.05) is 17.3 Å². The summed E-state index contributed by atoms with van der Waals surface area (Å²) in [6, 6.07) is 17.7. The second-order valence-corrected chi connectivity index (χ2v) is 6.53. The number of aliphatic imine (C=N–C) groups is 1. The summed E-state index contributed by atoms with van der Waals surface area (Å²) in [7, 11) is 0.